The summed E-state index contributed by atoms with van der Waals surface area (Å²) in [5.41, 5.74) is 0. The van der Waals surface area contributed by atoms with Crippen molar-refractivity contribution in [1.29, 1.82) is 0 Å². The normalized spacial score (nSPS) is 12.0. The van der Waals surface area contributed by atoms with E-state index >= 15 is 0 Å². The van der Waals surface area contributed by atoms with Gasteiger partial charge in [-0.2, -0.15) is 0 Å². The van der Waals surface area contributed by atoms with Gasteiger partial charge < -0.3 is 8.37 Å². The molecule has 0 bridgehead atoms. The largest absolute Gasteiger partial charge is 0.321 e. The van der Waals surface area contributed by atoms with E-state index in [1.165, 1.54) is 12.5 Å². The third-order valence-corrected chi connectivity index (χ3v) is 9.50. The van der Waals surface area contributed by atoms with Crippen LogP contribution in [0.4, 0.5) is 0 Å². The first-order chi connectivity index (χ1) is 6.18. The molecule has 2 nitrogen and oxygen atoms in total. The molecule has 0 heterocycles. The van der Waals surface area contributed by atoms with Crippen LogP contribution in [0, 0.1) is 0 Å². The maximum Gasteiger partial charge on any atom is 0.242 e. The van der Waals surface area contributed by atoms with Crippen molar-refractivity contribution < 1.29 is 8.37 Å². The topological polar surface area (TPSA) is 18.5 Å². The van der Waals surface area contributed by atoms with Crippen LogP contribution in [-0.4, -0.2) is 19.6 Å². The molecule has 0 radical (unpaired) electrons. The van der Waals surface area contributed by atoms with Gasteiger partial charge >= 0.3 is 0 Å². The molecule has 0 spiro atoms. The maximum atomic E-state index is 5.43. The van der Waals surface area contributed by atoms with Crippen molar-refractivity contribution in [1.82, 2.24) is 0 Å². The van der Waals surface area contributed by atoms with Gasteiger partial charge in [-0.15, -0.1) is 0 Å². The summed E-state index contributed by atoms with van der Waals surface area (Å²) in [6.45, 7) is 10.1. The Balaban J connectivity index is 3.84. The third kappa shape index (κ3) is 6.85. The van der Waals surface area contributed by atoms with E-state index in [-0.39, 0.29) is 0 Å². The lowest BCUT2D eigenvalue weighted by atomic mass is 10.6. The van der Waals surface area contributed by atoms with Gasteiger partial charge in [0.05, 0.1) is 13.2 Å². The predicted octanol–water partition coefficient (Wildman–Crippen LogP) is 3.84. The van der Waals surface area contributed by atoms with E-state index in [1.807, 2.05) is 13.8 Å². The summed E-state index contributed by atoms with van der Waals surface area (Å²) >= 11 is 3.33. The van der Waals surface area contributed by atoms with Gasteiger partial charge in [-0.25, -0.2) is 0 Å². The van der Waals surface area contributed by atoms with Crippen LogP contribution in [0.25, 0.3) is 0 Å². The Morgan fingerprint density at radius 1 is 1.00 bits per heavy atom. The van der Waals surface area contributed by atoms with Crippen LogP contribution in [0.1, 0.15) is 27.2 Å². The van der Waals surface area contributed by atoms with E-state index in [9.17, 15) is 0 Å². The van der Waals surface area contributed by atoms with Gasteiger partial charge in [0.1, 0.15) is 0 Å². The highest BCUT2D eigenvalue weighted by atomic mass is 32.6. The Kier molecular flexibility index (Phi) is 8.70. The van der Waals surface area contributed by atoms with Crippen molar-refractivity contribution >= 4 is 29.4 Å². The molecule has 0 unspecified atom stereocenters. The van der Waals surface area contributed by atoms with Gasteiger partial charge in [-0.1, -0.05) is 13.3 Å². The van der Waals surface area contributed by atoms with Crippen LogP contribution in [0.15, 0.2) is 0 Å². The highest BCUT2D eigenvalue weighted by Gasteiger charge is 2.31. The van der Waals surface area contributed by atoms with Gasteiger partial charge in [-0.05, 0) is 49.4 Å². The molecule has 0 aromatic carbocycles. The van der Waals surface area contributed by atoms with Gasteiger partial charge in [0.25, 0.3) is 0 Å². The fourth-order valence-electron chi connectivity index (χ4n) is 0.918. The Morgan fingerprint density at radius 2 is 1.46 bits per heavy atom. The van der Waals surface area contributed by atoms with Gasteiger partial charge in [0.2, 0.25) is 6.37 Å². The molecule has 0 rings (SSSR count). The van der Waals surface area contributed by atoms with Crippen LogP contribution in [0.2, 0.25) is 12.6 Å². The molecule has 0 aromatic rings. The summed E-state index contributed by atoms with van der Waals surface area (Å²) in [6, 6.07) is 1.24. The average molecular weight is 240 g/mol. The molecule has 0 aliphatic carbocycles. The van der Waals surface area contributed by atoms with Crippen LogP contribution in [0.3, 0.4) is 0 Å². The number of hydrogen-bond donors (Lipinski definition) is 0. The molecular weight excluding hydrogens is 220 g/mol. The first kappa shape index (κ1) is 13.8. The second kappa shape index (κ2) is 8.17. The van der Waals surface area contributed by atoms with Gasteiger partial charge in [-0.3, -0.25) is 0 Å². The summed E-state index contributed by atoms with van der Waals surface area (Å²) in [7, 11) is 0. The molecule has 0 amide bonds. The van der Waals surface area contributed by atoms with Crippen LogP contribution < -0.4 is 0 Å². The number of hydrogen-bond acceptors (Lipinski definition) is 4. The second-order valence-corrected chi connectivity index (χ2v) is 13.6. The molecule has 0 aliphatic heterocycles. The highest BCUT2D eigenvalue weighted by molar-refractivity contribution is 8.55. The molecule has 0 atom stereocenters. The molecule has 0 saturated carbocycles. The monoisotopic (exact) mass is 240 g/mol. The summed E-state index contributed by atoms with van der Waals surface area (Å²) in [5, 5.41) is 0. The Hall–Kier alpha value is 0.837. The van der Waals surface area contributed by atoms with Crippen LogP contribution >= 0.6 is 23.0 Å². The Labute approximate surface area is 90.9 Å². The zero-order chi connectivity index (χ0) is 10.2. The Morgan fingerprint density at radius 3 is 1.77 bits per heavy atom. The molecule has 0 aliphatic rings. The van der Waals surface area contributed by atoms with Crippen LogP contribution in [0.5, 0.6) is 0 Å². The molecule has 80 valence electrons. The predicted molar refractivity (Wildman–Crippen MR) is 65.2 cm³/mol. The standard InChI is InChI=1S/C8H20O2S2Si/c1-5-8-13(4,11-9-6-2)12-10-7-3/h5-8H2,1-4H3. The fraction of sp³-hybridized carbons (Fsp3) is 1.00. The van der Waals surface area contributed by atoms with Crippen LogP contribution in [-0.2, 0) is 8.37 Å². The Bertz CT molecular complexity index is 117. The second-order valence-electron chi connectivity index (χ2n) is 2.86. The third-order valence-electron chi connectivity index (χ3n) is 1.41. The minimum Gasteiger partial charge on any atom is -0.321 e. The van der Waals surface area contributed by atoms with Crippen molar-refractivity contribution in [2.24, 2.45) is 0 Å². The SMILES string of the molecule is CCC[Si](C)(SOCC)SOCC. The molecule has 0 aromatic heterocycles. The number of rotatable bonds is 8. The minimum atomic E-state index is -1.40. The van der Waals surface area contributed by atoms with Crippen molar-refractivity contribution in [3.63, 3.8) is 0 Å². The van der Waals surface area contributed by atoms with Crippen molar-refractivity contribution in [2.45, 2.75) is 39.8 Å². The molecule has 0 fully saturated rings. The van der Waals surface area contributed by atoms with E-state index in [1.54, 1.807) is 23.0 Å². The lowest BCUT2D eigenvalue weighted by Gasteiger charge is -2.22. The quantitative estimate of drug-likeness (QED) is 0.474. The smallest absolute Gasteiger partial charge is 0.242 e. The lowest BCUT2D eigenvalue weighted by molar-refractivity contribution is 0.403. The van der Waals surface area contributed by atoms with E-state index < -0.39 is 6.37 Å². The average Bonchev–Trinajstić information content (AvgIpc) is 2.12. The zero-order valence-electron chi connectivity index (χ0n) is 8.96. The van der Waals surface area contributed by atoms with Crippen molar-refractivity contribution in [3.05, 3.63) is 0 Å². The van der Waals surface area contributed by atoms with Crippen molar-refractivity contribution in [2.75, 3.05) is 13.2 Å². The van der Waals surface area contributed by atoms with E-state index in [4.69, 9.17) is 8.37 Å². The minimum absolute atomic E-state index is 0.781. The van der Waals surface area contributed by atoms with E-state index in [2.05, 4.69) is 13.5 Å². The summed E-state index contributed by atoms with van der Waals surface area (Å²) in [5.74, 6) is 0. The van der Waals surface area contributed by atoms with E-state index in [0.29, 0.717) is 0 Å². The molecule has 0 N–H and O–H groups in total. The molecule has 5 heteroatoms. The molecule has 13 heavy (non-hydrogen) atoms. The summed E-state index contributed by atoms with van der Waals surface area (Å²) in [6.07, 6.45) is -0.191. The van der Waals surface area contributed by atoms with Gasteiger partial charge in [0.15, 0.2) is 0 Å². The molecule has 0 saturated heterocycles. The lowest BCUT2D eigenvalue weighted by Crippen LogP contribution is -2.22. The van der Waals surface area contributed by atoms with Gasteiger partial charge in [0, 0.05) is 0 Å². The van der Waals surface area contributed by atoms with Crippen molar-refractivity contribution in [3.8, 4) is 0 Å². The zero-order valence-corrected chi connectivity index (χ0v) is 11.6. The maximum absolute atomic E-state index is 5.43. The first-order valence-electron chi connectivity index (χ1n) is 4.79. The summed E-state index contributed by atoms with van der Waals surface area (Å²) in [4.78, 5) is 0. The summed E-state index contributed by atoms with van der Waals surface area (Å²) < 4.78 is 10.9. The fourth-order valence-corrected chi connectivity index (χ4v) is 7.88. The van der Waals surface area contributed by atoms with E-state index in [0.717, 1.165) is 13.2 Å². The highest BCUT2D eigenvalue weighted by Crippen LogP contribution is 2.37. The first-order valence-corrected chi connectivity index (χ1v) is 10.4. The molecular formula is C8H20O2S2Si.